The van der Waals surface area contributed by atoms with Crippen LogP contribution in [0.2, 0.25) is 0 Å². The van der Waals surface area contributed by atoms with Crippen LogP contribution in [0.15, 0.2) is 72.8 Å². The highest BCUT2D eigenvalue weighted by Gasteiger charge is 2.46. The first-order valence-corrected chi connectivity index (χ1v) is 10.2. The molecule has 4 rings (SSSR count). The van der Waals surface area contributed by atoms with Crippen LogP contribution in [0.5, 0.6) is 0 Å². The molecule has 0 aromatic heterocycles. The van der Waals surface area contributed by atoms with E-state index in [0.29, 0.717) is 11.3 Å². The fourth-order valence-electron chi connectivity index (χ4n) is 3.75. The van der Waals surface area contributed by atoms with Crippen LogP contribution in [0.3, 0.4) is 0 Å². The molecular formula is C26H21NO5. The Morgan fingerprint density at radius 2 is 1.56 bits per heavy atom. The molecule has 1 amide bonds. The van der Waals surface area contributed by atoms with Crippen LogP contribution in [0.1, 0.15) is 43.5 Å². The number of anilines is 1. The van der Waals surface area contributed by atoms with Gasteiger partial charge in [-0.1, -0.05) is 54.6 Å². The van der Waals surface area contributed by atoms with Crippen LogP contribution < -0.4 is 5.32 Å². The molecule has 1 heterocycles. The normalized spacial score (nSPS) is 15.4. The lowest BCUT2D eigenvalue weighted by molar-refractivity contribution is -0.138. The van der Waals surface area contributed by atoms with Crippen molar-refractivity contribution in [1.29, 1.82) is 0 Å². The summed E-state index contributed by atoms with van der Waals surface area (Å²) in [7, 11) is 0. The first kappa shape index (κ1) is 21.2. The lowest BCUT2D eigenvalue weighted by atomic mass is 9.84. The summed E-state index contributed by atoms with van der Waals surface area (Å²) >= 11 is 0. The van der Waals surface area contributed by atoms with E-state index in [2.05, 4.69) is 5.32 Å². The largest absolute Gasteiger partial charge is 0.453 e. The molecule has 0 radical (unpaired) electrons. The Balaban J connectivity index is 1.70. The Morgan fingerprint density at radius 1 is 0.875 bits per heavy atom. The number of fused-ring (bicyclic) bond motifs is 1. The Hall–Kier alpha value is -4.06. The third-order valence-electron chi connectivity index (χ3n) is 5.64. The molecule has 3 aromatic rings. The van der Waals surface area contributed by atoms with Crippen molar-refractivity contribution in [2.45, 2.75) is 20.0 Å². The van der Waals surface area contributed by atoms with Gasteiger partial charge in [-0.15, -0.1) is 0 Å². The molecule has 1 aliphatic rings. The van der Waals surface area contributed by atoms with Crippen LogP contribution in [-0.2, 0) is 14.3 Å². The fourth-order valence-corrected chi connectivity index (χ4v) is 3.75. The van der Waals surface area contributed by atoms with Gasteiger partial charge in [0.15, 0.2) is 5.78 Å². The van der Waals surface area contributed by atoms with Gasteiger partial charge in [-0.2, -0.15) is 0 Å². The van der Waals surface area contributed by atoms with E-state index >= 15 is 0 Å². The highest BCUT2D eigenvalue weighted by Crippen LogP contribution is 2.38. The second-order valence-corrected chi connectivity index (χ2v) is 7.74. The molecule has 0 bridgehead atoms. The van der Waals surface area contributed by atoms with Gasteiger partial charge in [-0.3, -0.25) is 14.4 Å². The predicted octanol–water partition coefficient (Wildman–Crippen LogP) is 4.22. The van der Waals surface area contributed by atoms with Crippen molar-refractivity contribution in [2.24, 2.45) is 5.92 Å². The van der Waals surface area contributed by atoms with Gasteiger partial charge in [0.05, 0.1) is 5.56 Å². The third-order valence-corrected chi connectivity index (χ3v) is 5.64. The molecular weight excluding hydrogens is 406 g/mol. The average Bonchev–Trinajstić information content (AvgIpc) is 3.13. The summed E-state index contributed by atoms with van der Waals surface area (Å²) in [5, 5.41) is 2.57. The second kappa shape index (κ2) is 8.59. The summed E-state index contributed by atoms with van der Waals surface area (Å²) < 4.78 is 5.43. The van der Waals surface area contributed by atoms with Crippen LogP contribution >= 0.6 is 0 Å². The lowest BCUT2D eigenvalue weighted by Gasteiger charge is -2.21. The third kappa shape index (κ3) is 3.95. The molecule has 32 heavy (non-hydrogen) atoms. The number of hydrogen-bond acceptors (Lipinski definition) is 5. The lowest BCUT2D eigenvalue weighted by Crippen LogP contribution is -2.38. The minimum absolute atomic E-state index is 0.255. The number of aryl methyl sites for hydroxylation is 2. The van der Waals surface area contributed by atoms with Gasteiger partial charge in [-0.25, -0.2) is 4.79 Å². The van der Waals surface area contributed by atoms with E-state index in [1.807, 2.05) is 19.9 Å². The molecule has 6 nitrogen and oxygen atoms in total. The molecule has 3 aromatic carbocycles. The van der Waals surface area contributed by atoms with Crippen molar-refractivity contribution in [3.05, 3.63) is 101 Å². The number of carbonyl (C=O) groups is 4. The van der Waals surface area contributed by atoms with E-state index in [0.717, 1.165) is 11.1 Å². The van der Waals surface area contributed by atoms with Crippen molar-refractivity contribution in [3.63, 3.8) is 0 Å². The Bertz CT molecular complexity index is 1230. The number of cyclic esters (lactones) is 1. The number of rotatable bonds is 6. The number of Topliss-reactive ketones (excluding diaryl/α,β-unsaturated/α-hetero) is 2. The molecule has 0 saturated heterocycles. The first-order chi connectivity index (χ1) is 15.4. The topological polar surface area (TPSA) is 89.5 Å². The van der Waals surface area contributed by atoms with Crippen LogP contribution in [0.25, 0.3) is 0 Å². The number of ketones is 2. The van der Waals surface area contributed by atoms with Crippen LogP contribution in [0, 0.1) is 19.8 Å². The van der Waals surface area contributed by atoms with E-state index in [9.17, 15) is 19.2 Å². The predicted molar refractivity (Wildman–Crippen MR) is 118 cm³/mol. The summed E-state index contributed by atoms with van der Waals surface area (Å²) in [4.78, 5) is 51.9. The van der Waals surface area contributed by atoms with E-state index in [4.69, 9.17) is 4.74 Å². The number of carbonyl (C=O) groups excluding carboxylic acids is 4. The zero-order valence-electron chi connectivity index (χ0n) is 17.6. The summed E-state index contributed by atoms with van der Waals surface area (Å²) in [5.41, 5.74) is 3.39. The summed E-state index contributed by atoms with van der Waals surface area (Å²) in [6.07, 6.45) is -1.18. The highest BCUT2D eigenvalue weighted by molar-refractivity contribution is 6.45. The quantitative estimate of drug-likeness (QED) is 0.275. The number of amides is 1. The van der Waals surface area contributed by atoms with E-state index in [-0.39, 0.29) is 11.1 Å². The van der Waals surface area contributed by atoms with Gasteiger partial charge in [0.2, 0.25) is 5.78 Å². The van der Waals surface area contributed by atoms with Gasteiger partial charge in [0.25, 0.3) is 5.91 Å². The van der Waals surface area contributed by atoms with E-state index in [1.54, 1.807) is 66.7 Å². The van der Waals surface area contributed by atoms with E-state index in [1.165, 1.54) is 0 Å². The van der Waals surface area contributed by atoms with Crippen molar-refractivity contribution < 1.29 is 23.9 Å². The molecule has 6 heteroatoms. The zero-order valence-corrected chi connectivity index (χ0v) is 17.6. The molecule has 0 fully saturated rings. The molecule has 2 atom stereocenters. The van der Waals surface area contributed by atoms with Gasteiger partial charge >= 0.3 is 5.97 Å². The zero-order chi connectivity index (χ0) is 22.8. The summed E-state index contributed by atoms with van der Waals surface area (Å²) in [6, 6.07) is 20.0. The minimum atomic E-state index is -1.50. The molecule has 0 aliphatic carbocycles. The number of hydrogen-bond donors (Lipinski definition) is 1. The van der Waals surface area contributed by atoms with Crippen molar-refractivity contribution in [2.75, 3.05) is 5.32 Å². The standard InChI is InChI=1S/C26H21NO5/c1-15-12-13-18(14-16(15)2)27-25(30)23(29)21(22(28)17-8-4-3-5-9-17)24-19-10-6-7-11-20(19)26(31)32-24/h3-14,21,24H,1-2H3,(H,27,30). The minimum Gasteiger partial charge on any atom is -0.453 e. The second-order valence-electron chi connectivity index (χ2n) is 7.74. The molecule has 2 unspecified atom stereocenters. The first-order valence-electron chi connectivity index (χ1n) is 10.2. The van der Waals surface area contributed by atoms with Gasteiger partial charge < -0.3 is 10.1 Å². The van der Waals surface area contributed by atoms with Gasteiger partial charge in [0, 0.05) is 16.8 Å². The maximum Gasteiger partial charge on any atom is 0.339 e. The maximum absolute atomic E-state index is 13.4. The Labute approximate surface area is 185 Å². The van der Waals surface area contributed by atoms with Crippen molar-refractivity contribution in [3.8, 4) is 0 Å². The monoisotopic (exact) mass is 427 g/mol. The van der Waals surface area contributed by atoms with Gasteiger partial charge in [-0.05, 0) is 43.2 Å². The Morgan fingerprint density at radius 3 is 2.28 bits per heavy atom. The highest BCUT2D eigenvalue weighted by atomic mass is 16.5. The van der Waals surface area contributed by atoms with Gasteiger partial charge in [0.1, 0.15) is 12.0 Å². The molecule has 1 N–H and O–H groups in total. The Kier molecular flexibility index (Phi) is 5.69. The number of esters is 1. The van der Waals surface area contributed by atoms with Crippen LogP contribution in [0.4, 0.5) is 5.69 Å². The number of ether oxygens (including phenoxy) is 1. The summed E-state index contributed by atoms with van der Waals surface area (Å²) in [6.45, 7) is 3.83. The molecule has 1 aliphatic heterocycles. The number of benzene rings is 3. The molecule has 0 spiro atoms. The molecule has 160 valence electrons. The SMILES string of the molecule is Cc1ccc(NC(=O)C(=O)C(C(=O)c2ccccc2)C2OC(=O)c3ccccc32)cc1C. The summed E-state index contributed by atoms with van der Waals surface area (Å²) in [5.74, 6) is -4.62. The number of nitrogens with one attached hydrogen (secondary N) is 1. The van der Waals surface area contributed by atoms with Crippen molar-refractivity contribution >= 4 is 29.1 Å². The fraction of sp³-hybridized carbons (Fsp3) is 0.154. The van der Waals surface area contributed by atoms with Crippen molar-refractivity contribution in [1.82, 2.24) is 0 Å². The molecule has 0 saturated carbocycles. The smallest absolute Gasteiger partial charge is 0.339 e. The maximum atomic E-state index is 13.4. The van der Waals surface area contributed by atoms with E-state index < -0.39 is 35.5 Å². The van der Waals surface area contributed by atoms with Crippen LogP contribution in [-0.4, -0.2) is 23.4 Å². The average molecular weight is 427 g/mol.